The number of halogens is 3. The Kier molecular flexibility index (Phi) is 5.90. The summed E-state index contributed by atoms with van der Waals surface area (Å²) in [6.45, 7) is 3.11. The molecule has 0 N–H and O–H groups in total. The molecule has 3 aromatic rings. The van der Waals surface area contributed by atoms with Crippen LogP contribution >= 0.6 is 11.8 Å². The van der Waals surface area contributed by atoms with Crippen LogP contribution in [0.4, 0.5) is 13.2 Å². The third-order valence-corrected chi connectivity index (χ3v) is 7.88. The molecule has 1 aliphatic heterocycles. The number of benzene rings is 1. The van der Waals surface area contributed by atoms with Crippen molar-refractivity contribution < 1.29 is 13.2 Å². The van der Waals surface area contributed by atoms with Crippen molar-refractivity contribution in [2.45, 2.75) is 36.5 Å². The van der Waals surface area contributed by atoms with Gasteiger partial charge in [-0.15, -0.1) is 10.2 Å². The topological polar surface area (TPSA) is 59.7 Å². The Hall–Kier alpha value is -2.46. The molecule has 0 amide bonds. The van der Waals surface area contributed by atoms with E-state index in [1.165, 1.54) is 12.1 Å². The summed E-state index contributed by atoms with van der Waals surface area (Å²) in [4.78, 5) is 10.9. The minimum atomic E-state index is -4.27. The standard InChI is InChI=1S/C23H25F3N6S/c1-31-20(19-14-27-8-9-28-19)29-30-21(31)33-12-2-10-32-11-7-22(15-32)13-18(22)16-3-5-17(6-4-16)23(24,25)26/h3-6,8-9,14,18H,2,7,10-13,15H2,1H3/t18-,22?/m0/s1. The lowest BCUT2D eigenvalue weighted by Gasteiger charge is -2.16. The molecule has 5 rings (SSSR count). The maximum Gasteiger partial charge on any atom is 0.416 e. The van der Waals surface area contributed by atoms with E-state index < -0.39 is 11.7 Å². The van der Waals surface area contributed by atoms with E-state index in [9.17, 15) is 13.2 Å². The number of rotatable bonds is 7. The summed E-state index contributed by atoms with van der Waals surface area (Å²) in [5.74, 6) is 2.03. The first-order chi connectivity index (χ1) is 15.9. The lowest BCUT2D eigenvalue weighted by Crippen LogP contribution is -2.23. The van der Waals surface area contributed by atoms with Gasteiger partial charge in [0.05, 0.1) is 11.8 Å². The van der Waals surface area contributed by atoms with Gasteiger partial charge in [-0.1, -0.05) is 23.9 Å². The Morgan fingerprint density at radius 1 is 1.15 bits per heavy atom. The highest BCUT2D eigenvalue weighted by Crippen LogP contribution is 2.64. The Balaban J connectivity index is 1.09. The van der Waals surface area contributed by atoms with Crippen LogP contribution in [0.3, 0.4) is 0 Å². The molecule has 1 spiro atoms. The van der Waals surface area contributed by atoms with E-state index in [0.29, 0.717) is 17.4 Å². The summed E-state index contributed by atoms with van der Waals surface area (Å²) in [7, 11) is 1.94. The minimum absolute atomic E-state index is 0.252. The first-order valence-corrected chi connectivity index (χ1v) is 12.0. The van der Waals surface area contributed by atoms with Crippen LogP contribution in [0, 0.1) is 5.41 Å². The van der Waals surface area contributed by atoms with Crippen molar-refractivity contribution in [2.24, 2.45) is 12.5 Å². The maximum absolute atomic E-state index is 12.8. The molecule has 1 aromatic carbocycles. The quantitative estimate of drug-likeness (QED) is 0.367. The highest BCUT2D eigenvalue weighted by molar-refractivity contribution is 7.99. The molecular weight excluding hydrogens is 449 g/mol. The van der Waals surface area contributed by atoms with Gasteiger partial charge in [0.1, 0.15) is 5.69 Å². The van der Waals surface area contributed by atoms with E-state index in [0.717, 1.165) is 55.4 Å². The summed E-state index contributed by atoms with van der Waals surface area (Å²) in [5.41, 5.74) is 1.43. The third kappa shape index (κ3) is 4.63. The maximum atomic E-state index is 12.8. The van der Waals surface area contributed by atoms with Crippen LogP contribution in [0.15, 0.2) is 48.0 Å². The smallest absolute Gasteiger partial charge is 0.304 e. The molecule has 2 atom stereocenters. The first-order valence-electron chi connectivity index (χ1n) is 11.0. The Morgan fingerprint density at radius 2 is 1.97 bits per heavy atom. The van der Waals surface area contributed by atoms with Gasteiger partial charge in [0.15, 0.2) is 11.0 Å². The number of thioether (sulfide) groups is 1. The lowest BCUT2D eigenvalue weighted by atomic mass is 9.97. The SMILES string of the molecule is Cn1c(SCCCN2CCC3(C[C@H]3c3ccc(C(F)(F)F)cc3)C2)nnc1-c1cnccn1. The number of alkyl halides is 3. The average Bonchev–Trinajstić information content (AvgIpc) is 3.15. The van der Waals surface area contributed by atoms with Crippen LogP contribution in [0.2, 0.25) is 0 Å². The van der Waals surface area contributed by atoms with Gasteiger partial charge in [0.2, 0.25) is 0 Å². The van der Waals surface area contributed by atoms with Gasteiger partial charge in [-0.3, -0.25) is 4.98 Å². The molecule has 3 heterocycles. The molecule has 1 saturated heterocycles. The Labute approximate surface area is 194 Å². The lowest BCUT2D eigenvalue weighted by molar-refractivity contribution is -0.137. The summed E-state index contributed by atoms with van der Waals surface area (Å²) in [6, 6.07) is 5.76. The number of hydrogen-bond acceptors (Lipinski definition) is 6. The van der Waals surface area contributed by atoms with E-state index in [2.05, 4.69) is 25.1 Å². The summed E-state index contributed by atoms with van der Waals surface area (Å²) < 4.78 is 40.4. The van der Waals surface area contributed by atoms with Crippen LogP contribution in [-0.2, 0) is 13.2 Å². The summed E-state index contributed by atoms with van der Waals surface area (Å²) in [6.07, 6.45) is 3.91. The van der Waals surface area contributed by atoms with E-state index in [4.69, 9.17) is 0 Å². The highest BCUT2D eigenvalue weighted by atomic mass is 32.2. The number of hydrogen-bond donors (Lipinski definition) is 0. The van der Waals surface area contributed by atoms with Gasteiger partial charge in [0.25, 0.3) is 0 Å². The van der Waals surface area contributed by atoms with E-state index in [-0.39, 0.29) is 5.41 Å². The highest BCUT2D eigenvalue weighted by Gasteiger charge is 2.57. The zero-order chi connectivity index (χ0) is 23.1. The van der Waals surface area contributed by atoms with Crippen LogP contribution < -0.4 is 0 Å². The molecule has 2 aliphatic rings. The monoisotopic (exact) mass is 474 g/mol. The molecule has 1 aliphatic carbocycles. The van der Waals surface area contributed by atoms with Gasteiger partial charge in [-0.05, 0) is 61.4 Å². The van der Waals surface area contributed by atoms with E-state index in [1.807, 2.05) is 11.6 Å². The van der Waals surface area contributed by atoms with Gasteiger partial charge in [0, 0.05) is 31.7 Å². The summed E-state index contributed by atoms with van der Waals surface area (Å²) >= 11 is 1.68. The summed E-state index contributed by atoms with van der Waals surface area (Å²) in [5, 5.41) is 9.39. The number of nitrogens with zero attached hydrogens (tertiary/aromatic N) is 6. The zero-order valence-corrected chi connectivity index (χ0v) is 19.1. The van der Waals surface area contributed by atoms with Crippen LogP contribution in [0.5, 0.6) is 0 Å². The Morgan fingerprint density at radius 3 is 2.70 bits per heavy atom. The van der Waals surface area contributed by atoms with Crippen LogP contribution in [0.25, 0.3) is 11.5 Å². The van der Waals surface area contributed by atoms with E-state index >= 15 is 0 Å². The fourth-order valence-electron chi connectivity index (χ4n) is 4.88. The fraction of sp³-hybridized carbons (Fsp3) is 0.478. The second-order valence-electron chi connectivity index (χ2n) is 8.92. The van der Waals surface area contributed by atoms with Gasteiger partial charge < -0.3 is 9.47 Å². The molecule has 0 bridgehead atoms. The third-order valence-electron chi connectivity index (χ3n) is 6.77. The van der Waals surface area contributed by atoms with Gasteiger partial charge in [-0.25, -0.2) is 4.98 Å². The first kappa shape index (κ1) is 22.3. The van der Waals surface area contributed by atoms with Crippen molar-refractivity contribution in [1.29, 1.82) is 0 Å². The molecular formula is C23H25F3N6S. The minimum Gasteiger partial charge on any atom is -0.304 e. The van der Waals surface area contributed by atoms with Gasteiger partial charge in [-0.2, -0.15) is 13.2 Å². The predicted molar refractivity (Wildman–Crippen MR) is 120 cm³/mol. The van der Waals surface area contributed by atoms with E-state index in [1.54, 1.807) is 42.5 Å². The second kappa shape index (κ2) is 8.72. The van der Waals surface area contributed by atoms with Crippen molar-refractivity contribution in [3.05, 3.63) is 54.0 Å². The predicted octanol–water partition coefficient (Wildman–Crippen LogP) is 4.65. The van der Waals surface area contributed by atoms with Crippen molar-refractivity contribution in [3.8, 4) is 11.5 Å². The largest absolute Gasteiger partial charge is 0.416 e. The molecule has 2 aromatic heterocycles. The molecule has 10 heteroatoms. The molecule has 33 heavy (non-hydrogen) atoms. The van der Waals surface area contributed by atoms with Gasteiger partial charge >= 0.3 is 6.18 Å². The second-order valence-corrected chi connectivity index (χ2v) is 9.98. The molecule has 1 saturated carbocycles. The van der Waals surface area contributed by atoms with Crippen molar-refractivity contribution >= 4 is 11.8 Å². The number of aromatic nitrogens is 5. The van der Waals surface area contributed by atoms with Crippen molar-refractivity contribution in [2.75, 3.05) is 25.4 Å². The van der Waals surface area contributed by atoms with Crippen LogP contribution in [0.1, 0.15) is 36.3 Å². The molecule has 1 unspecified atom stereocenters. The fourth-order valence-corrected chi connectivity index (χ4v) is 5.71. The molecule has 0 radical (unpaired) electrons. The van der Waals surface area contributed by atoms with Crippen molar-refractivity contribution in [1.82, 2.24) is 29.6 Å². The normalized spacial score (nSPS) is 22.8. The van der Waals surface area contributed by atoms with Crippen molar-refractivity contribution in [3.63, 3.8) is 0 Å². The zero-order valence-electron chi connectivity index (χ0n) is 18.3. The average molecular weight is 475 g/mol. The Bertz CT molecular complexity index is 1100. The van der Waals surface area contributed by atoms with Crippen LogP contribution in [-0.4, -0.2) is 55.0 Å². The number of likely N-dealkylation sites (tertiary alicyclic amines) is 1. The molecule has 2 fully saturated rings. The molecule has 6 nitrogen and oxygen atoms in total. The molecule has 174 valence electrons.